The lowest BCUT2D eigenvalue weighted by molar-refractivity contribution is -0.140. The molecule has 2 aliphatic rings. The number of ether oxygens (including phenoxy) is 1. The number of methoxy groups -OCH3 is 1. The van der Waals surface area contributed by atoms with E-state index >= 15 is 0 Å². The quantitative estimate of drug-likeness (QED) is 0.749. The Bertz CT molecular complexity index is 981. The van der Waals surface area contributed by atoms with Crippen molar-refractivity contribution in [3.63, 3.8) is 0 Å². The Balaban J connectivity index is 1.74. The molecule has 1 aromatic heterocycles. The summed E-state index contributed by atoms with van der Waals surface area (Å²) < 4.78 is 34.7. The van der Waals surface area contributed by atoms with E-state index in [2.05, 4.69) is 15.3 Å². The molecule has 0 atom stereocenters. The van der Waals surface area contributed by atoms with E-state index in [1.54, 1.807) is 23.1 Å². The fraction of sp³-hybridized carbons (Fsp3) is 0.476. The molecule has 10 heteroatoms. The molecule has 166 valence electrons. The lowest BCUT2D eigenvalue weighted by Gasteiger charge is -2.31. The molecule has 0 bridgehead atoms. The van der Waals surface area contributed by atoms with Gasteiger partial charge in [-0.15, -0.1) is 0 Å². The van der Waals surface area contributed by atoms with Gasteiger partial charge < -0.3 is 25.0 Å². The second kappa shape index (κ2) is 8.26. The number of benzene rings is 1. The summed E-state index contributed by atoms with van der Waals surface area (Å²) in [4.78, 5) is 23.6. The smallest absolute Gasteiger partial charge is 0.342 e. The number of rotatable bonds is 5. The highest BCUT2D eigenvalue weighted by Gasteiger charge is 2.48. The average molecular weight is 433 g/mol. The van der Waals surface area contributed by atoms with E-state index in [-0.39, 0.29) is 24.3 Å². The van der Waals surface area contributed by atoms with Crippen molar-refractivity contribution in [3.05, 3.63) is 30.0 Å². The average Bonchev–Trinajstić information content (AvgIpc) is 3.29. The highest BCUT2D eigenvalue weighted by molar-refractivity contribution is 6.02. The topological polar surface area (TPSA) is 90.8 Å². The van der Waals surface area contributed by atoms with Gasteiger partial charge in [0.2, 0.25) is 5.95 Å². The van der Waals surface area contributed by atoms with E-state index in [0.717, 1.165) is 30.6 Å². The van der Waals surface area contributed by atoms with E-state index in [9.17, 15) is 18.7 Å². The summed E-state index contributed by atoms with van der Waals surface area (Å²) in [6, 6.07) is 5.03. The molecule has 1 aliphatic heterocycles. The molecule has 1 fully saturated rings. The van der Waals surface area contributed by atoms with Crippen LogP contribution in [0.3, 0.4) is 0 Å². The van der Waals surface area contributed by atoms with Crippen LogP contribution in [0.2, 0.25) is 0 Å². The van der Waals surface area contributed by atoms with Gasteiger partial charge in [-0.05, 0) is 30.5 Å². The Hall–Kier alpha value is -3.01. The number of hydrogen-bond donors (Lipinski definition) is 2. The Labute approximate surface area is 178 Å². The van der Waals surface area contributed by atoms with Gasteiger partial charge in [0.15, 0.2) is 5.82 Å². The van der Waals surface area contributed by atoms with Gasteiger partial charge in [0.1, 0.15) is 11.4 Å². The minimum Gasteiger partial charge on any atom is -0.495 e. The molecular formula is C21H25F2N5O3. The monoisotopic (exact) mass is 433 g/mol. The number of halogens is 2. The largest absolute Gasteiger partial charge is 0.495 e. The minimum atomic E-state index is -3.52. The van der Waals surface area contributed by atoms with Crippen molar-refractivity contribution in [2.75, 3.05) is 35.8 Å². The maximum atomic E-state index is 14.7. The summed E-state index contributed by atoms with van der Waals surface area (Å²) in [7, 11) is 2.82. The van der Waals surface area contributed by atoms with E-state index < -0.39 is 18.4 Å². The van der Waals surface area contributed by atoms with Crippen molar-refractivity contribution in [1.82, 2.24) is 9.97 Å². The van der Waals surface area contributed by atoms with Crippen LogP contribution < -0.4 is 19.9 Å². The molecule has 0 unspecified atom stereocenters. The molecule has 1 aromatic carbocycles. The summed E-state index contributed by atoms with van der Waals surface area (Å²) in [6.45, 7) is -0.838. The number of nitrogens with one attached hydrogen (secondary N) is 1. The fourth-order valence-corrected chi connectivity index (χ4v) is 4.16. The summed E-state index contributed by atoms with van der Waals surface area (Å²) in [6.07, 6.45) is 4.85. The number of fused-ring (bicyclic) bond motifs is 1. The first kappa shape index (κ1) is 21.2. The van der Waals surface area contributed by atoms with Gasteiger partial charge in [-0.25, -0.2) is 4.98 Å². The van der Waals surface area contributed by atoms with E-state index in [4.69, 9.17) is 4.74 Å². The molecule has 0 saturated heterocycles. The van der Waals surface area contributed by atoms with Crippen LogP contribution in [0.5, 0.6) is 5.75 Å². The Kier molecular flexibility index (Phi) is 5.65. The van der Waals surface area contributed by atoms with E-state index in [0.29, 0.717) is 22.8 Å². The number of hydrogen-bond acceptors (Lipinski definition) is 7. The molecule has 8 nitrogen and oxygen atoms in total. The van der Waals surface area contributed by atoms with Crippen molar-refractivity contribution < 1.29 is 23.4 Å². The second-order valence-electron chi connectivity index (χ2n) is 7.86. The number of aliphatic hydroxyl groups is 1. The molecule has 4 rings (SSSR count). The van der Waals surface area contributed by atoms with Crippen LogP contribution in [-0.4, -0.2) is 53.6 Å². The zero-order valence-corrected chi connectivity index (χ0v) is 17.4. The van der Waals surface area contributed by atoms with Crippen LogP contribution in [0.4, 0.5) is 31.9 Å². The first-order chi connectivity index (χ1) is 14.8. The van der Waals surface area contributed by atoms with Crippen molar-refractivity contribution in [3.8, 4) is 5.75 Å². The van der Waals surface area contributed by atoms with Gasteiger partial charge in [0.25, 0.3) is 5.91 Å². The van der Waals surface area contributed by atoms with Crippen LogP contribution >= 0.6 is 0 Å². The summed E-state index contributed by atoms with van der Waals surface area (Å²) in [5.41, 5.74) is 1.50. The van der Waals surface area contributed by atoms with E-state index in [1.807, 2.05) is 0 Å². The van der Waals surface area contributed by atoms with Crippen LogP contribution in [0.1, 0.15) is 31.2 Å². The normalized spacial score (nSPS) is 18.7. The number of carbonyl (C=O) groups is 1. The highest BCUT2D eigenvalue weighted by Crippen LogP contribution is 2.40. The predicted octanol–water partition coefficient (Wildman–Crippen LogP) is 3.08. The lowest BCUT2D eigenvalue weighted by Crippen LogP contribution is -2.48. The lowest BCUT2D eigenvalue weighted by atomic mass is 10.2. The molecule has 1 saturated carbocycles. The number of aliphatic hydroxyl groups excluding tert-OH is 1. The SMILES string of the molecule is COc1cc(CO)ccc1Nc1ncc2c(n1)N(C1CCCC1)CC(F)(F)C(=O)N2C. The van der Waals surface area contributed by atoms with Gasteiger partial charge in [0.05, 0.1) is 32.1 Å². The molecule has 0 radical (unpaired) electrons. The molecule has 1 aliphatic carbocycles. The zero-order valence-electron chi connectivity index (χ0n) is 17.4. The highest BCUT2D eigenvalue weighted by atomic mass is 19.3. The molecule has 0 spiro atoms. The van der Waals surface area contributed by atoms with Crippen molar-refractivity contribution >= 4 is 29.0 Å². The molecule has 1 amide bonds. The minimum absolute atomic E-state index is 0.106. The van der Waals surface area contributed by atoms with Gasteiger partial charge in [-0.1, -0.05) is 18.9 Å². The van der Waals surface area contributed by atoms with E-state index in [1.165, 1.54) is 20.4 Å². The summed E-state index contributed by atoms with van der Waals surface area (Å²) in [5.74, 6) is -3.79. The second-order valence-corrected chi connectivity index (χ2v) is 7.86. The fourth-order valence-electron chi connectivity index (χ4n) is 4.16. The zero-order chi connectivity index (χ0) is 22.2. The van der Waals surface area contributed by atoms with Crippen LogP contribution in [0.15, 0.2) is 24.4 Å². The number of anilines is 4. The van der Waals surface area contributed by atoms with Crippen LogP contribution in [0, 0.1) is 0 Å². The maximum Gasteiger partial charge on any atom is 0.342 e. The number of alkyl halides is 2. The van der Waals surface area contributed by atoms with Crippen molar-refractivity contribution in [1.29, 1.82) is 0 Å². The Morgan fingerprint density at radius 1 is 1.32 bits per heavy atom. The summed E-state index contributed by atoms with van der Waals surface area (Å²) >= 11 is 0. The van der Waals surface area contributed by atoms with Crippen LogP contribution in [-0.2, 0) is 11.4 Å². The molecule has 2 aromatic rings. The Morgan fingerprint density at radius 2 is 2.06 bits per heavy atom. The third-order valence-corrected chi connectivity index (χ3v) is 5.83. The summed E-state index contributed by atoms with van der Waals surface area (Å²) in [5, 5.41) is 12.4. The third-order valence-electron chi connectivity index (χ3n) is 5.83. The number of carbonyl (C=O) groups excluding carboxylic acids is 1. The third kappa shape index (κ3) is 3.99. The molecule has 2 N–H and O–H groups in total. The number of aromatic nitrogens is 2. The van der Waals surface area contributed by atoms with Crippen molar-refractivity contribution in [2.24, 2.45) is 0 Å². The van der Waals surface area contributed by atoms with Gasteiger partial charge in [-0.2, -0.15) is 13.8 Å². The standard InChI is InChI=1S/C21H25F2N5O3/c1-27-16-10-24-20(25-15-8-7-13(11-29)9-17(15)31-2)26-18(16)28(14-5-3-4-6-14)12-21(22,23)19(27)30/h7-10,14,29H,3-6,11-12H2,1-2H3,(H,24,25,26). The number of nitrogens with zero attached hydrogens (tertiary/aromatic N) is 4. The number of amides is 1. The van der Waals surface area contributed by atoms with Crippen molar-refractivity contribution in [2.45, 2.75) is 44.3 Å². The van der Waals surface area contributed by atoms with Gasteiger partial charge >= 0.3 is 5.92 Å². The Morgan fingerprint density at radius 3 is 2.74 bits per heavy atom. The maximum absolute atomic E-state index is 14.7. The first-order valence-electron chi connectivity index (χ1n) is 10.2. The predicted molar refractivity (Wildman–Crippen MR) is 112 cm³/mol. The first-order valence-corrected chi connectivity index (χ1v) is 10.2. The van der Waals surface area contributed by atoms with Crippen LogP contribution in [0.25, 0.3) is 0 Å². The van der Waals surface area contributed by atoms with Gasteiger partial charge in [-0.3, -0.25) is 4.79 Å². The van der Waals surface area contributed by atoms with Gasteiger partial charge in [0, 0.05) is 13.1 Å². The molecular weight excluding hydrogens is 408 g/mol. The molecule has 2 heterocycles. The molecule has 31 heavy (non-hydrogen) atoms.